The van der Waals surface area contributed by atoms with Gasteiger partial charge in [0.15, 0.2) is 11.5 Å². The number of benzene rings is 1. The fourth-order valence-electron chi connectivity index (χ4n) is 3.65. The molecule has 1 amide bonds. The van der Waals surface area contributed by atoms with Crippen LogP contribution in [0.15, 0.2) is 53.1 Å². The third-order valence-electron chi connectivity index (χ3n) is 5.34. The van der Waals surface area contributed by atoms with Gasteiger partial charge in [-0.2, -0.15) is 5.10 Å². The normalized spacial score (nSPS) is 16.3. The minimum Gasteiger partial charge on any atom is -0.463 e. The van der Waals surface area contributed by atoms with Crippen LogP contribution < -0.4 is 5.73 Å². The molecule has 0 saturated carbocycles. The number of rotatable bonds is 4. The monoisotopic (exact) mass is 398 g/mol. The van der Waals surface area contributed by atoms with Crippen molar-refractivity contribution in [2.24, 2.45) is 11.7 Å². The largest absolute Gasteiger partial charge is 0.463 e. The second kappa shape index (κ2) is 7.81. The molecule has 1 saturated heterocycles. The molecule has 2 N–H and O–H groups in total. The summed E-state index contributed by atoms with van der Waals surface area (Å²) in [5.41, 5.74) is 7.95. The molecule has 3 aromatic rings. The molecule has 4 rings (SSSR count). The Morgan fingerprint density at radius 1 is 1.25 bits per heavy atom. The number of aromatic nitrogens is 2. The van der Waals surface area contributed by atoms with Gasteiger partial charge in [0.05, 0.1) is 12.0 Å². The second-order valence-corrected chi connectivity index (χ2v) is 7.71. The Kier molecular flexibility index (Phi) is 5.24. The smallest absolute Gasteiger partial charge is 0.274 e. The molecule has 146 valence electrons. The van der Waals surface area contributed by atoms with E-state index in [0.717, 1.165) is 24.2 Å². The van der Waals surface area contributed by atoms with E-state index < -0.39 is 0 Å². The zero-order valence-corrected chi connectivity index (χ0v) is 16.5. The van der Waals surface area contributed by atoms with E-state index in [1.807, 2.05) is 36.1 Å². The fraction of sp³-hybridized carbons (Fsp3) is 0.333. The maximum absolute atomic E-state index is 13.1. The Bertz CT molecular complexity index is 939. The zero-order chi connectivity index (χ0) is 19.7. The van der Waals surface area contributed by atoms with Crippen molar-refractivity contribution < 1.29 is 9.21 Å². The van der Waals surface area contributed by atoms with Crippen LogP contribution in [0.4, 0.5) is 0 Å². The predicted octanol–water partition coefficient (Wildman–Crippen LogP) is 3.99. The van der Waals surface area contributed by atoms with Crippen molar-refractivity contribution in [2.45, 2.75) is 25.8 Å². The first-order valence-electron chi connectivity index (χ1n) is 9.47. The van der Waals surface area contributed by atoms with Crippen molar-refractivity contribution in [3.8, 4) is 17.1 Å². The van der Waals surface area contributed by atoms with Crippen molar-refractivity contribution in [1.82, 2.24) is 14.7 Å². The summed E-state index contributed by atoms with van der Waals surface area (Å²) in [7, 11) is 0. The molecule has 1 aliphatic rings. The summed E-state index contributed by atoms with van der Waals surface area (Å²) in [6, 6.07) is 12.9. The summed E-state index contributed by atoms with van der Waals surface area (Å²) in [6.45, 7) is 3.44. The summed E-state index contributed by atoms with van der Waals surface area (Å²) in [6.07, 6.45) is 3.45. The number of amides is 1. The Balaban J connectivity index is 1.64. The van der Waals surface area contributed by atoms with E-state index in [1.54, 1.807) is 29.1 Å². The molecule has 1 aliphatic heterocycles. The molecule has 0 aliphatic carbocycles. The van der Waals surface area contributed by atoms with Gasteiger partial charge in [0, 0.05) is 30.2 Å². The van der Waals surface area contributed by atoms with E-state index in [9.17, 15) is 4.79 Å². The van der Waals surface area contributed by atoms with Gasteiger partial charge in [-0.05, 0) is 62.1 Å². The number of hydrogen-bond donors (Lipinski definition) is 1. The summed E-state index contributed by atoms with van der Waals surface area (Å²) in [5.74, 6) is 1.05. The van der Waals surface area contributed by atoms with Crippen LogP contribution in [0.3, 0.4) is 0 Å². The number of nitrogens with two attached hydrogens (primary N) is 1. The van der Waals surface area contributed by atoms with Gasteiger partial charge in [0.2, 0.25) is 0 Å². The second-order valence-electron chi connectivity index (χ2n) is 7.27. The minimum atomic E-state index is -0.0661. The first-order valence-corrected chi connectivity index (χ1v) is 9.85. The number of nitrogens with zero attached hydrogens (tertiary/aromatic N) is 3. The summed E-state index contributed by atoms with van der Waals surface area (Å²) in [4.78, 5) is 14.9. The predicted molar refractivity (Wildman–Crippen MR) is 109 cm³/mol. The lowest BCUT2D eigenvalue weighted by Crippen LogP contribution is -2.42. The first-order chi connectivity index (χ1) is 13.5. The van der Waals surface area contributed by atoms with Crippen LogP contribution in [-0.2, 0) is 0 Å². The van der Waals surface area contributed by atoms with E-state index in [-0.39, 0.29) is 11.9 Å². The molecule has 0 spiro atoms. The van der Waals surface area contributed by atoms with Gasteiger partial charge in [-0.3, -0.25) is 4.79 Å². The maximum Gasteiger partial charge on any atom is 0.274 e. The molecule has 7 heteroatoms. The van der Waals surface area contributed by atoms with Crippen LogP contribution in [0.5, 0.6) is 0 Å². The molecule has 1 unspecified atom stereocenters. The number of carbonyl (C=O) groups excluding carboxylic acids is 1. The molecule has 1 aromatic carbocycles. The van der Waals surface area contributed by atoms with Crippen LogP contribution in [0.25, 0.3) is 17.1 Å². The van der Waals surface area contributed by atoms with E-state index >= 15 is 0 Å². The quantitative estimate of drug-likeness (QED) is 0.720. The Morgan fingerprint density at radius 2 is 1.96 bits per heavy atom. The lowest BCUT2D eigenvalue weighted by molar-refractivity contribution is 0.0674. The molecule has 6 nitrogen and oxygen atoms in total. The third kappa shape index (κ3) is 3.70. The van der Waals surface area contributed by atoms with Gasteiger partial charge >= 0.3 is 0 Å². The highest BCUT2D eigenvalue weighted by molar-refractivity contribution is 6.30. The Morgan fingerprint density at radius 3 is 2.57 bits per heavy atom. The van der Waals surface area contributed by atoms with Crippen LogP contribution in [0, 0.1) is 5.92 Å². The highest BCUT2D eigenvalue weighted by Gasteiger charge is 2.28. The van der Waals surface area contributed by atoms with Crippen LogP contribution >= 0.6 is 11.6 Å². The Hall–Kier alpha value is -2.57. The third-order valence-corrected chi connectivity index (χ3v) is 5.60. The average Bonchev–Trinajstić information content (AvgIpc) is 3.38. The summed E-state index contributed by atoms with van der Waals surface area (Å²) in [5, 5.41) is 5.24. The highest BCUT2D eigenvalue weighted by atomic mass is 35.5. The van der Waals surface area contributed by atoms with Crippen molar-refractivity contribution in [1.29, 1.82) is 0 Å². The molecule has 3 heterocycles. The van der Waals surface area contributed by atoms with Crippen molar-refractivity contribution in [2.75, 3.05) is 13.1 Å². The molecular weight excluding hydrogens is 376 g/mol. The SMILES string of the molecule is CC(N)C1CCN(C(=O)c2cc(-c3ccco3)n(-c3ccc(Cl)cc3)n2)CC1. The topological polar surface area (TPSA) is 77.3 Å². The fourth-order valence-corrected chi connectivity index (χ4v) is 3.78. The molecule has 1 fully saturated rings. The van der Waals surface area contributed by atoms with Gasteiger partial charge < -0.3 is 15.1 Å². The van der Waals surface area contributed by atoms with E-state index in [0.29, 0.717) is 35.5 Å². The van der Waals surface area contributed by atoms with Crippen LogP contribution in [0.2, 0.25) is 5.02 Å². The summed E-state index contributed by atoms with van der Waals surface area (Å²) >= 11 is 6.01. The lowest BCUT2D eigenvalue weighted by atomic mass is 9.91. The van der Waals surface area contributed by atoms with Crippen LogP contribution in [0.1, 0.15) is 30.3 Å². The number of hydrogen-bond acceptors (Lipinski definition) is 4. The molecule has 28 heavy (non-hydrogen) atoms. The van der Waals surface area contributed by atoms with Crippen LogP contribution in [-0.4, -0.2) is 39.7 Å². The first kappa shape index (κ1) is 18.8. The number of likely N-dealkylation sites (tertiary alicyclic amines) is 1. The average molecular weight is 399 g/mol. The molecule has 2 aromatic heterocycles. The van der Waals surface area contributed by atoms with E-state index in [4.69, 9.17) is 21.8 Å². The van der Waals surface area contributed by atoms with Gasteiger partial charge in [0.25, 0.3) is 5.91 Å². The number of halogens is 1. The van der Waals surface area contributed by atoms with E-state index in [2.05, 4.69) is 5.10 Å². The summed E-state index contributed by atoms with van der Waals surface area (Å²) < 4.78 is 7.28. The highest BCUT2D eigenvalue weighted by Crippen LogP contribution is 2.27. The number of carbonyl (C=O) groups is 1. The van der Waals surface area contributed by atoms with Gasteiger partial charge in [-0.15, -0.1) is 0 Å². The number of piperidine rings is 1. The molecule has 0 bridgehead atoms. The zero-order valence-electron chi connectivity index (χ0n) is 15.7. The van der Waals surface area contributed by atoms with Crippen molar-refractivity contribution in [3.63, 3.8) is 0 Å². The minimum absolute atomic E-state index is 0.0661. The van der Waals surface area contributed by atoms with Crippen molar-refractivity contribution >= 4 is 17.5 Å². The lowest BCUT2D eigenvalue weighted by Gasteiger charge is -2.33. The van der Waals surface area contributed by atoms with Gasteiger partial charge in [-0.25, -0.2) is 4.68 Å². The maximum atomic E-state index is 13.1. The molecular formula is C21H23ClN4O2. The molecule has 0 radical (unpaired) electrons. The van der Waals surface area contributed by atoms with Gasteiger partial charge in [0.1, 0.15) is 5.69 Å². The van der Waals surface area contributed by atoms with E-state index in [1.165, 1.54) is 0 Å². The standard InChI is InChI=1S/C21H23ClN4O2/c1-14(23)15-8-10-25(11-9-15)21(27)18-13-19(20-3-2-12-28-20)26(24-18)17-6-4-16(22)5-7-17/h2-7,12-15H,8-11,23H2,1H3. The van der Waals surface area contributed by atoms with Crippen molar-refractivity contribution in [3.05, 3.63) is 59.4 Å². The Labute approximate surface area is 168 Å². The molecule has 1 atom stereocenters. The number of furan rings is 1. The van der Waals surface area contributed by atoms with Gasteiger partial charge in [-0.1, -0.05) is 11.6 Å².